The molecule has 15 heavy (non-hydrogen) atoms. The molecule has 80 valence electrons. The van der Waals surface area contributed by atoms with Crippen molar-refractivity contribution in [1.29, 1.82) is 5.26 Å². The first-order valence-corrected chi connectivity index (χ1v) is 5.81. The standard InChI is InChI=1S/C13H16ClN/c1-2-3-4-11-5-7-12(8-6-11)9-13(14)10-15/h5-8,13H,2-4,9H2,1H3. The summed E-state index contributed by atoms with van der Waals surface area (Å²) in [6, 6.07) is 10.4. The Morgan fingerprint density at radius 3 is 2.40 bits per heavy atom. The Kier molecular flexibility index (Phi) is 5.21. The molecule has 0 heterocycles. The largest absolute Gasteiger partial charge is 0.197 e. The molecule has 1 nitrogen and oxygen atoms in total. The lowest BCUT2D eigenvalue weighted by atomic mass is 10.0. The Morgan fingerprint density at radius 2 is 1.87 bits per heavy atom. The van der Waals surface area contributed by atoms with Crippen LogP contribution in [0.2, 0.25) is 0 Å². The van der Waals surface area contributed by atoms with E-state index < -0.39 is 5.38 Å². The number of halogens is 1. The van der Waals surface area contributed by atoms with E-state index in [-0.39, 0.29) is 0 Å². The third-order valence-corrected chi connectivity index (χ3v) is 2.65. The fraction of sp³-hybridized carbons (Fsp3) is 0.462. The van der Waals surface area contributed by atoms with Crippen molar-refractivity contribution in [2.75, 3.05) is 0 Å². The fourth-order valence-corrected chi connectivity index (χ4v) is 1.65. The molecule has 1 unspecified atom stereocenters. The normalized spacial score (nSPS) is 12.1. The summed E-state index contributed by atoms with van der Waals surface area (Å²) >= 11 is 5.76. The molecule has 0 bridgehead atoms. The second kappa shape index (κ2) is 6.48. The summed E-state index contributed by atoms with van der Waals surface area (Å²) in [7, 11) is 0. The molecule has 0 aliphatic rings. The van der Waals surface area contributed by atoms with Gasteiger partial charge in [-0.2, -0.15) is 5.26 Å². The van der Waals surface area contributed by atoms with Crippen LogP contribution in [0.15, 0.2) is 24.3 Å². The topological polar surface area (TPSA) is 23.8 Å². The number of aryl methyl sites for hydroxylation is 1. The molecular formula is C13H16ClN. The van der Waals surface area contributed by atoms with Crippen molar-refractivity contribution in [3.05, 3.63) is 35.4 Å². The highest BCUT2D eigenvalue weighted by Crippen LogP contribution is 2.11. The van der Waals surface area contributed by atoms with Gasteiger partial charge in [0.2, 0.25) is 0 Å². The summed E-state index contributed by atoms with van der Waals surface area (Å²) in [5, 5.41) is 8.17. The summed E-state index contributed by atoms with van der Waals surface area (Å²) in [4.78, 5) is 0. The van der Waals surface area contributed by atoms with Gasteiger partial charge in [0.1, 0.15) is 5.38 Å². The third-order valence-electron chi connectivity index (χ3n) is 2.40. The molecule has 0 radical (unpaired) electrons. The van der Waals surface area contributed by atoms with E-state index in [0.29, 0.717) is 6.42 Å². The predicted molar refractivity (Wildman–Crippen MR) is 64.0 cm³/mol. The zero-order chi connectivity index (χ0) is 11.1. The van der Waals surface area contributed by atoms with Crippen molar-refractivity contribution in [3.8, 4) is 6.07 Å². The minimum absolute atomic E-state index is 0.411. The van der Waals surface area contributed by atoms with E-state index >= 15 is 0 Å². The Hall–Kier alpha value is -1.00. The van der Waals surface area contributed by atoms with Crippen molar-refractivity contribution >= 4 is 11.6 Å². The molecule has 0 aliphatic heterocycles. The van der Waals surface area contributed by atoms with Gasteiger partial charge in [-0.3, -0.25) is 0 Å². The van der Waals surface area contributed by atoms with Gasteiger partial charge in [0, 0.05) is 6.42 Å². The van der Waals surface area contributed by atoms with E-state index in [0.717, 1.165) is 12.0 Å². The predicted octanol–water partition coefficient (Wildman–Crippen LogP) is 3.70. The van der Waals surface area contributed by atoms with Crippen LogP contribution >= 0.6 is 11.6 Å². The van der Waals surface area contributed by atoms with Gasteiger partial charge < -0.3 is 0 Å². The molecule has 1 rings (SSSR count). The molecule has 1 aromatic rings. The number of unbranched alkanes of at least 4 members (excludes halogenated alkanes) is 1. The molecule has 1 aromatic carbocycles. The lowest BCUT2D eigenvalue weighted by Crippen LogP contribution is -1.99. The van der Waals surface area contributed by atoms with Crippen LogP contribution in [0, 0.1) is 11.3 Å². The van der Waals surface area contributed by atoms with Gasteiger partial charge in [0.05, 0.1) is 6.07 Å². The van der Waals surface area contributed by atoms with Crippen LogP contribution < -0.4 is 0 Å². The number of hydrogen-bond acceptors (Lipinski definition) is 1. The summed E-state index contributed by atoms with van der Waals surface area (Å²) in [5.74, 6) is 0. The summed E-state index contributed by atoms with van der Waals surface area (Å²) in [6.07, 6.45) is 4.22. The number of benzene rings is 1. The maximum absolute atomic E-state index is 8.58. The minimum Gasteiger partial charge on any atom is -0.197 e. The highest BCUT2D eigenvalue weighted by Gasteiger charge is 2.03. The number of hydrogen-bond donors (Lipinski definition) is 0. The Labute approximate surface area is 96.7 Å². The Balaban J connectivity index is 2.53. The second-order valence-electron chi connectivity index (χ2n) is 3.72. The summed E-state index contributed by atoms with van der Waals surface area (Å²) < 4.78 is 0. The van der Waals surface area contributed by atoms with Crippen molar-refractivity contribution in [2.24, 2.45) is 0 Å². The SMILES string of the molecule is CCCCc1ccc(CC(Cl)C#N)cc1. The van der Waals surface area contributed by atoms with Gasteiger partial charge in [-0.25, -0.2) is 0 Å². The first-order valence-electron chi connectivity index (χ1n) is 5.37. The average Bonchev–Trinajstić information content (AvgIpc) is 2.28. The van der Waals surface area contributed by atoms with Crippen molar-refractivity contribution in [2.45, 2.75) is 38.0 Å². The van der Waals surface area contributed by atoms with E-state index in [4.69, 9.17) is 16.9 Å². The zero-order valence-electron chi connectivity index (χ0n) is 9.04. The molecule has 2 heteroatoms. The van der Waals surface area contributed by atoms with Crippen LogP contribution in [0.25, 0.3) is 0 Å². The average molecular weight is 222 g/mol. The molecule has 0 aliphatic carbocycles. The van der Waals surface area contributed by atoms with Crippen molar-refractivity contribution in [1.82, 2.24) is 0 Å². The summed E-state index contributed by atoms with van der Waals surface area (Å²) in [5.41, 5.74) is 2.50. The number of nitrogens with zero attached hydrogens (tertiary/aromatic N) is 1. The Morgan fingerprint density at radius 1 is 1.27 bits per heavy atom. The molecule has 0 saturated carbocycles. The molecule has 0 spiro atoms. The van der Waals surface area contributed by atoms with Crippen molar-refractivity contribution in [3.63, 3.8) is 0 Å². The molecule has 0 fully saturated rings. The molecule has 0 aromatic heterocycles. The summed E-state index contributed by atoms with van der Waals surface area (Å²) in [6.45, 7) is 2.19. The van der Waals surface area contributed by atoms with Crippen LogP contribution in [-0.2, 0) is 12.8 Å². The van der Waals surface area contributed by atoms with Crippen LogP contribution in [-0.4, -0.2) is 5.38 Å². The maximum atomic E-state index is 8.58. The van der Waals surface area contributed by atoms with Gasteiger partial charge in [-0.05, 0) is 24.0 Å². The van der Waals surface area contributed by atoms with Gasteiger partial charge in [-0.15, -0.1) is 11.6 Å². The lowest BCUT2D eigenvalue weighted by molar-refractivity contribution is 0.794. The molecule has 0 saturated heterocycles. The molecule has 0 N–H and O–H groups in total. The molecule has 0 amide bonds. The van der Waals surface area contributed by atoms with Crippen LogP contribution in [0.3, 0.4) is 0 Å². The number of alkyl halides is 1. The van der Waals surface area contributed by atoms with Gasteiger partial charge >= 0.3 is 0 Å². The highest BCUT2D eigenvalue weighted by atomic mass is 35.5. The van der Waals surface area contributed by atoms with Crippen LogP contribution in [0.1, 0.15) is 30.9 Å². The zero-order valence-corrected chi connectivity index (χ0v) is 9.80. The minimum atomic E-state index is -0.411. The smallest absolute Gasteiger partial charge is 0.124 e. The van der Waals surface area contributed by atoms with Crippen LogP contribution in [0.5, 0.6) is 0 Å². The lowest BCUT2D eigenvalue weighted by Gasteiger charge is -2.03. The van der Waals surface area contributed by atoms with E-state index in [2.05, 4.69) is 31.2 Å². The van der Waals surface area contributed by atoms with Crippen LogP contribution in [0.4, 0.5) is 0 Å². The number of rotatable bonds is 5. The van der Waals surface area contributed by atoms with Gasteiger partial charge in [-0.1, -0.05) is 37.6 Å². The molecular weight excluding hydrogens is 206 g/mol. The van der Waals surface area contributed by atoms with E-state index in [1.54, 1.807) is 0 Å². The maximum Gasteiger partial charge on any atom is 0.124 e. The highest BCUT2D eigenvalue weighted by molar-refractivity contribution is 6.22. The molecule has 1 atom stereocenters. The second-order valence-corrected chi connectivity index (χ2v) is 4.25. The fourth-order valence-electron chi connectivity index (χ4n) is 1.48. The van der Waals surface area contributed by atoms with E-state index in [1.807, 2.05) is 6.07 Å². The monoisotopic (exact) mass is 221 g/mol. The van der Waals surface area contributed by atoms with Gasteiger partial charge in [0.25, 0.3) is 0 Å². The first kappa shape index (κ1) is 12.1. The first-order chi connectivity index (χ1) is 7.26. The third kappa shape index (κ3) is 4.36. The quantitative estimate of drug-likeness (QED) is 0.696. The van der Waals surface area contributed by atoms with E-state index in [9.17, 15) is 0 Å². The number of nitriles is 1. The van der Waals surface area contributed by atoms with E-state index in [1.165, 1.54) is 18.4 Å². The van der Waals surface area contributed by atoms with Crippen molar-refractivity contribution < 1.29 is 0 Å². The Bertz CT molecular complexity index is 323. The van der Waals surface area contributed by atoms with Gasteiger partial charge in [0.15, 0.2) is 0 Å².